The lowest BCUT2D eigenvalue weighted by atomic mass is 10.0. The van der Waals surface area contributed by atoms with Crippen LogP contribution in [0.15, 0.2) is 29.2 Å². The van der Waals surface area contributed by atoms with Gasteiger partial charge in [-0.05, 0) is 57.2 Å². The number of aryl methyl sites for hydroxylation is 1. The lowest BCUT2D eigenvalue weighted by Gasteiger charge is -2.26. The maximum atomic E-state index is 12.6. The second-order valence-electron chi connectivity index (χ2n) is 7.39. The van der Waals surface area contributed by atoms with Crippen molar-refractivity contribution in [1.82, 2.24) is 9.62 Å². The van der Waals surface area contributed by atoms with E-state index in [1.54, 1.807) is 16.4 Å². The SMILES string of the molecule is CCC(C)(C)NC(=O)CCc1ccc(S(=O)(=O)N2CCCCC2)cc1. The Morgan fingerprint density at radius 2 is 1.72 bits per heavy atom. The van der Waals surface area contributed by atoms with Crippen molar-refractivity contribution in [3.8, 4) is 0 Å². The van der Waals surface area contributed by atoms with Gasteiger partial charge in [0.1, 0.15) is 0 Å². The zero-order valence-corrected chi connectivity index (χ0v) is 16.4. The number of nitrogens with one attached hydrogen (secondary N) is 1. The molecule has 1 aliphatic heterocycles. The van der Waals surface area contributed by atoms with Gasteiger partial charge in [0, 0.05) is 25.0 Å². The maximum absolute atomic E-state index is 12.6. The minimum atomic E-state index is -3.38. The van der Waals surface area contributed by atoms with E-state index in [0.29, 0.717) is 30.8 Å². The topological polar surface area (TPSA) is 66.5 Å². The van der Waals surface area contributed by atoms with Crippen LogP contribution >= 0.6 is 0 Å². The number of hydrogen-bond donors (Lipinski definition) is 1. The minimum Gasteiger partial charge on any atom is -0.351 e. The Balaban J connectivity index is 1.94. The minimum absolute atomic E-state index is 0.0249. The van der Waals surface area contributed by atoms with Crippen LogP contribution in [0.4, 0.5) is 0 Å². The Morgan fingerprint density at radius 1 is 1.12 bits per heavy atom. The molecule has 1 fully saturated rings. The summed E-state index contributed by atoms with van der Waals surface area (Å²) < 4.78 is 26.8. The standard InChI is InChI=1S/C19H30N2O3S/c1-4-19(2,3)20-18(22)13-10-16-8-11-17(12-9-16)25(23,24)21-14-6-5-7-15-21/h8-9,11-12H,4-7,10,13-15H2,1-3H3,(H,20,22). The molecular weight excluding hydrogens is 336 g/mol. The molecule has 2 rings (SSSR count). The molecule has 1 aromatic rings. The van der Waals surface area contributed by atoms with Gasteiger partial charge in [0.05, 0.1) is 4.90 Å². The van der Waals surface area contributed by atoms with Crippen LogP contribution in [0.3, 0.4) is 0 Å². The van der Waals surface area contributed by atoms with Crippen molar-refractivity contribution < 1.29 is 13.2 Å². The lowest BCUT2D eigenvalue weighted by molar-refractivity contribution is -0.122. The summed E-state index contributed by atoms with van der Waals surface area (Å²) >= 11 is 0. The fraction of sp³-hybridized carbons (Fsp3) is 0.632. The predicted octanol–water partition coefficient (Wildman–Crippen LogP) is 3.10. The summed E-state index contributed by atoms with van der Waals surface area (Å²) in [5.41, 5.74) is 0.783. The van der Waals surface area contributed by atoms with E-state index < -0.39 is 10.0 Å². The summed E-state index contributed by atoms with van der Waals surface area (Å²) in [6.07, 6.45) is 4.85. The first-order valence-electron chi connectivity index (χ1n) is 9.15. The average Bonchev–Trinajstić information content (AvgIpc) is 2.61. The Labute approximate surface area is 151 Å². The third kappa shape index (κ3) is 5.54. The summed E-state index contributed by atoms with van der Waals surface area (Å²) in [6, 6.07) is 6.95. The second kappa shape index (κ2) is 8.32. The Hall–Kier alpha value is -1.40. The predicted molar refractivity (Wildman–Crippen MR) is 99.9 cm³/mol. The van der Waals surface area contributed by atoms with Crippen molar-refractivity contribution in [3.05, 3.63) is 29.8 Å². The van der Waals surface area contributed by atoms with Gasteiger partial charge in [0.25, 0.3) is 0 Å². The largest absolute Gasteiger partial charge is 0.351 e. The van der Waals surface area contributed by atoms with Gasteiger partial charge in [0.2, 0.25) is 15.9 Å². The van der Waals surface area contributed by atoms with E-state index in [4.69, 9.17) is 0 Å². The van der Waals surface area contributed by atoms with Gasteiger partial charge in [0.15, 0.2) is 0 Å². The smallest absolute Gasteiger partial charge is 0.243 e. The highest BCUT2D eigenvalue weighted by Gasteiger charge is 2.25. The molecule has 5 nitrogen and oxygen atoms in total. The van der Waals surface area contributed by atoms with E-state index in [0.717, 1.165) is 31.2 Å². The lowest BCUT2D eigenvalue weighted by Crippen LogP contribution is -2.42. The van der Waals surface area contributed by atoms with Crippen LogP contribution in [0.25, 0.3) is 0 Å². The third-order valence-electron chi connectivity index (χ3n) is 4.88. The number of hydrogen-bond acceptors (Lipinski definition) is 3. The highest BCUT2D eigenvalue weighted by atomic mass is 32.2. The molecule has 25 heavy (non-hydrogen) atoms. The van der Waals surface area contributed by atoms with Crippen LogP contribution in [0.1, 0.15) is 58.4 Å². The summed E-state index contributed by atoms with van der Waals surface area (Å²) in [4.78, 5) is 12.4. The van der Waals surface area contributed by atoms with E-state index in [9.17, 15) is 13.2 Å². The molecular formula is C19H30N2O3S. The van der Waals surface area contributed by atoms with Gasteiger partial charge in [-0.15, -0.1) is 0 Å². The van der Waals surface area contributed by atoms with Crippen LogP contribution in [0.2, 0.25) is 0 Å². The number of nitrogens with zero attached hydrogens (tertiary/aromatic N) is 1. The fourth-order valence-electron chi connectivity index (χ4n) is 2.87. The van der Waals surface area contributed by atoms with Gasteiger partial charge >= 0.3 is 0 Å². The molecule has 0 aliphatic carbocycles. The van der Waals surface area contributed by atoms with Crippen molar-refractivity contribution in [2.75, 3.05) is 13.1 Å². The summed E-state index contributed by atoms with van der Waals surface area (Å²) in [5.74, 6) is 0.0249. The Kier molecular flexibility index (Phi) is 6.63. The van der Waals surface area contributed by atoms with E-state index in [1.807, 2.05) is 32.9 Å². The van der Waals surface area contributed by atoms with E-state index in [1.165, 1.54) is 0 Å². The van der Waals surface area contributed by atoms with Gasteiger partial charge < -0.3 is 5.32 Å². The molecule has 1 heterocycles. The molecule has 0 unspecified atom stereocenters. The molecule has 0 atom stereocenters. The molecule has 0 radical (unpaired) electrons. The molecule has 0 aromatic heterocycles. The van der Waals surface area contributed by atoms with Gasteiger partial charge in [-0.25, -0.2) is 8.42 Å². The molecule has 1 saturated heterocycles. The van der Waals surface area contributed by atoms with Crippen molar-refractivity contribution in [3.63, 3.8) is 0 Å². The van der Waals surface area contributed by atoms with Gasteiger partial charge in [-0.2, -0.15) is 4.31 Å². The molecule has 0 spiro atoms. The van der Waals surface area contributed by atoms with Crippen LogP contribution < -0.4 is 5.32 Å². The van der Waals surface area contributed by atoms with Crippen LogP contribution in [-0.2, 0) is 21.2 Å². The number of amides is 1. The highest BCUT2D eigenvalue weighted by Crippen LogP contribution is 2.21. The van der Waals surface area contributed by atoms with Crippen molar-refractivity contribution in [2.45, 2.75) is 69.7 Å². The molecule has 6 heteroatoms. The molecule has 0 bridgehead atoms. The molecule has 1 amide bonds. The number of sulfonamides is 1. The van der Waals surface area contributed by atoms with Gasteiger partial charge in [-0.1, -0.05) is 25.5 Å². The number of piperidine rings is 1. The van der Waals surface area contributed by atoms with E-state index >= 15 is 0 Å². The van der Waals surface area contributed by atoms with Crippen molar-refractivity contribution in [1.29, 1.82) is 0 Å². The summed E-state index contributed by atoms with van der Waals surface area (Å²) in [5, 5.41) is 3.01. The van der Waals surface area contributed by atoms with E-state index in [-0.39, 0.29) is 11.4 Å². The first-order valence-corrected chi connectivity index (χ1v) is 10.6. The number of carbonyl (C=O) groups excluding carboxylic acids is 1. The number of benzene rings is 1. The first kappa shape index (κ1) is 19.9. The fourth-order valence-corrected chi connectivity index (χ4v) is 4.39. The Bertz CT molecular complexity index is 675. The Morgan fingerprint density at radius 3 is 2.28 bits per heavy atom. The zero-order chi connectivity index (χ0) is 18.5. The van der Waals surface area contributed by atoms with E-state index in [2.05, 4.69) is 5.32 Å². The molecule has 1 aliphatic rings. The maximum Gasteiger partial charge on any atom is 0.243 e. The monoisotopic (exact) mass is 366 g/mol. The average molecular weight is 367 g/mol. The summed E-state index contributed by atoms with van der Waals surface area (Å²) in [7, 11) is -3.38. The van der Waals surface area contributed by atoms with Crippen LogP contribution in [0, 0.1) is 0 Å². The highest BCUT2D eigenvalue weighted by molar-refractivity contribution is 7.89. The quantitative estimate of drug-likeness (QED) is 0.806. The van der Waals surface area contributed by atoms with Crippen LogP contribution in [0.5, 0.6) is 0 Å². The summed E-state index contributed by atoms with van der Waals surface area (Å²) in [6.45, 7) is 7.27. The van der Waals surface area contributed by atoms with Gasteiger partial charge in [-0.3, -0.25) is 4.79 Å². The molecule has 1 N–H and O–H groups in total. The number of rotatable bonds is 7. The molecule has 140 valence electrons. The van der Waals surface area contributed by atoms with Crippen LogP contribution in [-0.4, -0.2) is 37.3 Å². The number of carbonyl (C=O) groups is 1. The van der Waals surface area contributed by atoms with Crippen molar-refractivity contribution >= 4 is 15.9 Å². The third-order valence-corrected chi connectivity index (χ3v) is 6.79. The second-order valence-corrected chi connectivity index (χ2v) is 9.33. The normalized spacial score (nSPS) is 16.6. The molecule has 1 aromatic carbocycles. The zero-order valence-electron chi connectivity index (χ0n) is 15.5. The molecule has 0 saturated carbocycles. The van der Waals surface area contributed by atoms with Crippen molar-refractivity contribution in [2.24, 2.45) is 0 Å². The first-order chi connectivity index (χ1) is 11.7.